The maximum atomic E-state index is 11.7. The number of unbranched alkanes of at least 4 members (excludes halogenated alkanes) is 1. The van der Waals surface area contributed by atoms with E-state index in [2.05, 4.69) is 10.6 Å². The van der Waals surface area contributed by atoms with Gasteiger partial charge < -0.3 is 20.2 Å². The van der Waals surface area contributed by atoms with E-state index in [1.807, 2.05) is 26.8 Å². The van der Waals surface area contributed by atoms with E-state index < -0.39 is 5.97 Å². The number of rotatable bonds is 7. The van der Waals surface area contributed by atoms with Crippen molar-refractivity contribution in [3.63, 3.8) is 0 Å². The maximum absolute atomic E-state index is 11.7. The lowest BCUT2D eigenvalue weighted by Crippen LogP contribution is -2.37. The fourth-order valence-electron chi connectivity index (χ4n) is 2.01. The molecule has 1 aromatic rings. The summed E-state index contributed by atoms with van der Waals surface area (Å²) in [5.74, 6) is 0.811. The van der Waals surface area contributed by atoms with E-state index in [-0.39, 0.29) is 18.5 Å². The van der Waals surface area contributed by atoms with E-state index in [9.17, 15) is 9.59 Å². The van der Waals surface area contributed by atoms with Crippen molar-refractivity contribution in [3.05, 3.63) is 23.2 Å². The van der Waals surface area contributed by atoms with Crippen LogP contribution in [0.4, 0.5) is 4.79 Å². The van der Waals surface area contributed by atoms with Gasteiger partial charge in [-0.05, 0) is 39.7 Å². The smallest absolute Gasteiger partial charge is 0.315 e. The molecule has 0 bridgehead atoms. The summed E-state index contributed by atoms with van der Waals surface area (Å²) in [7, 11) is 0. The zero-order chi connectivity index (χ0) is 15.1. The first-order chi connectivity index (χ1) is 9.40. The van der Waals surface area contributed by atoms with Crippen molar-refractivity contribution in [3.8, 4) is 0 Å². The van der Waals surface area contributed by atoms with Crippen LogP contribution < -0.4 is 10.6 Å². The third kappa shape index (κ3) is 5.34. The molecule has 6 nitrogen and oxygen atoms in total. The number of aryl methyl sites for hydroxylation is 2. The first kappa shape index (κ1) is 16.1. The Kier molecular flexibility index (Phi) is 6.09. The first-order valence-corrected chi connectivity index (χ1v) is 6.73. The van der Waals surface area contributed by atoms with Crippen LogP contribution in [0.3, 0.4) is 0 Å². The van der Waals surface area contributed by atoms with Crippen LogP contribution >= 0.6 is 0 Å². The molecule has 0 spiro atoms. The normalized spacial score (nSPS) is 11.9. The van der Waals surface area contributed by atoms with E-state index in [0.29, 0.717) is 19.4 Å². The Morgan fingerprint density at radius 1 is 1.35 bits per heavy atom. The second-order valence-corrected chi connectivity index (χ2v) is 4.84. The highest BCUT2D eigenvalue weighted by molar-refractivity contribution is 5.74. The van der Waals surface area contributed by atoms with Crippen LogP contribution in [0.5, 0.6) is 0 Å². The molecule has 1 atom stereocenters. The lowest BCUT2D eigenvalue weighted by Gasteiger charge is -2.14. The van der Waals surface area contributed by atoms with Gasteiger partial charge in [0.15, 0.2) is 0 Å². The Morgan fingerprint density at radius 2 is 2.05 bits per heavy atom. The molecule has 0 aliphatic heterocycles. The molecule has 0 saturated carbocycles. The molecule has 6 heteroatoms. The number of carboxylic acids is 1. The number of nitrogens with one attached hydrogen (secondary N) is 2. The van der Waals surface area contributed by atoms with E-state index in [1.54, 1.807) is 0 Å². The van der Waals surface area contributed by atoms with Crippen LogP contribution in [0.15, 0.2) is 10.5 Å². The molecule has 3 N–H and O–H groups in total. The third-order valence-corrected chi connectivity index (χ3v) is 3.00. The molecule has 20 heavy (non-hydrogen) atoms. The van der Waals surface area contributed by atoms with E-state index in [0.717, 1.165) is 17.1 Å². The minimum atomic E-state index is -0.811. The van der Waals surface area contributed by atoms with Crippen LogP contribution in [0.25, 0.3) is 0 Å². The molecule has 0 aliphatic rings. The van der Waals surface area contributed by atoms with Crippen LogP contribution in [0.2, 0.25) is 0 Å². The highest BCUT2D eigenvalue weighted by Crippen LogP contribution is 2.20. The number of urea groups is 1. The van der Waals surface area contributed by atoms with Crippen LogP contribution in [-0.4, -0.2) is 23.7 Å². The van der Waals surface area contributed by atoms with Gasteiger partial charge in [0.2, 0.25) is 0 Å². The third-order valence-electron chi connectivity index (χ3n) is 3.00. The van der Waals surface area contributed by atoms with Gasteiger partial charge in [-0.2, -0.15) is 0 Å². The number of hydrogen-bond donors (Lipinski definition) is 3. The molecule has 0 radical (unpaired) electrons. The Balaban J connectivity index is 2.28. The quantitative estimate of drug-likeness (QED) is 0.670. The highest BCUT2D eigenvalue weighted by atomic mass is 16.4. The lowest BCUT2D eigenvalue weighted by molar-refractivity contribution is -0.137. The van der Waals surface area contributed by atoms with Crippen molar-refractivity contribution in [1.29, 1.82) is 0 Å². The molecule has 0 aromatic carbocycles. The molecule has 0 saturated heterocycles. The lowest BCUT2D eigenvalue weighted by atomic mass is 10.1. The molecule has 1 unspecified atom stereocenters. The van der Waals surface area contributed by atoms with Crippen molar-refractivity contribution >= 4 is 12.0 Å². The predicted octanol–water partition coefficient (Wildman–Crippen LogP) is 2.51. The van der Waals surface area contributed by atoms with Crippen LogP contribution in [0.1, 0.15) is 49.3 Å². The molecule has 1 heterocycles. The molecule has 2 amide bonds. The zero-order valence-corrected chi connectivity index (χ0v) is 12.2. The Hall–Kier alpha value is -1.98. The maximum Gasteiger partial charge on any atom is 0.315 e. The molecular weight excluding hydrogens is 260 g/mol. The summed E-state index contributed by atoms with van der Waals surface area (Å²) in [5, 5.41) is 14.0. The van der Waals surface area contributed by atoms with Gasteiger partial charge in [0.05, 0.1) is 6.04 Å². The summed E-state index contributed by atoms with van der Waals surface area (Å²) in [5.41, 5.74) is 0.962. The standard InChI is InChI=1S/C14H22N2O4/c1-9-8-12(11(3)20-9)10(2)16-14(19)15-7-5-4-6-13(17)18/h8,10H,4-7H2,1-3H3,(H,17,18)(H2,15,16,19). The van der Waals surface area contributed by atoms with Crippen molar-refractivity contribution in [2.24, 2.45) is 0 Å². The summed E-state index contributed by atoms with van der Waals surface area (Å²) in [6, 6.07) is 1.52. The summed E-state index contributed by atoms with van der Waals surface area (Å²) in [6.45, 7) is 6.09. The van der Waals surface area contributed by atoms with E-state index in [4.69, 9.17) is 9.52 Å². The van der Waals surface area contributed by atoms with Gasteiger partial charge in [-0.1, -0.05) is 0 Å². The summed E-state index contributed by atoms with van der Waals surface area (Å²) in [6.07, 6.45) is 1.34. The van der Waals surface area contributed by atoms with E-state index >= 15 is 0 Å². The molecular formula is C14H22N2O4. The number of carboxylic acid groups (broad SMARTS) is 1. The zero-order valence-electron chi connectivity index (χ0n) is 12.2. The van der Waals surface area contributed by atoms with Crippen molar-refractivity contribution in [2.45, 2.75) is 46.1 Å². The van der Waals surface area contributed by atoms with Gasteiger partial charge in [-0.25, -0.2) is 4.79 Å². The first-order valence-electron chi connectivity index (χ1n) is 6.73. The van der Waals surface area contributed by atoms with Crippen molar-refractivity contribution in [2.75, 3.05) is 6.54 Å². The van der Waals surface area contributed by atoms with E-state index in [1.165, 1.54) is 0 Å². The van der Waals surface area contributed by atoms with Gasteiger partial charge in [-0.15, -0.1) is 0 Å². The number of carbonyl (C=O) groups is 2. The number of furan rings is 1. The number of carbonyl (C=O) groups excluding carboxylic acids is 1. The second-order valence-electron chi connectivity index (χ2n) is 4.84. The average Bonchev–Trinajstić information content (AvgIpc) is 2.67. The Bertz CT molecular complexity index is 468. The Morgan fingerprint density at radius 3 is 2.60 bits per heavy atom. The highest BCUT2D eigenvalue weighted by Gasteiger charge is 2.14. The molecule has 1 aromatic heterocycles. The van der Waals surface area contributed by atoms with Crippen molar-refractivity contribution < 1.29 is 19.1 Å². The largest absolute Gasteiger partial charge is 0.481 e. The molecule has 0 fully saturated rings. The second kappa shape index (κ2) is 7.57. The summed E-state index contributed by atoms with van der Waals surface area (Å²) < 4.78 is 5.43. The van der Waals surface area contributed by atoms with Gasteiger partial charge in [0.1, 0.15) is 11.5 Å². The van der Waals surface area contributed by atoms with Crippen LogP contribution in [-0.2, 0) is 4.79 Å². The fraction of sp³-hybridized carbons (Fsp3) is 0.571. The average molecular weight is 282 g/mol. The van der Waals surface area contributed by atoms with Gasteiger partial charge >= 0.3 is 12.0 Å². The molecule has 0 aliphatic carbocycles. The van der Waals surface area contributed by atoms with Crippen molar-refractivity contribution in [1.82, 2.24) is 10.6 Å². The molecule has 112 valence electrons. The topological polar surface area (TPSA) is 91.6 Å². The number of amides is 2. The predicted molar refractivity (Wildman–Crippen MR) is 74.6 cm³/mol. The summed E-state index contributed by atoms with van der Waals surface area (Å²) >= 11 is 0. The number of hydrogen-bond acceptors (Lipinski definition) is 3. The summed E-state index contributed by atoms with van der Waals surface area (Å²) in [4.78, 5) is 22.0. The Labute approximate surface area is 118 Å². The SMILES string of the molecule is Cc1cc(C(C)NC(=O)NCCCCC(=O)O)c(C)o1. The van der Waals surface area contributed by atoms with Crippen LogP contribution in [0, 0.1) is 13.8 Å². The minimum Gasteiger partial charge on any atom is -0.481 e. The number of aliphatic carboxylic acids is 1. The fourth-order valence-corrected chi connectivity index (χ4v) is 2.01. The molecule has 1 rings (SSSR count). The van der Waals surface area contributed by atoms with Gasteiger partial charge in [-0.3, -0.25) is 4.79 Å². The van der Waals surface area contributed by atoms with Gasteiger partial charge in [0, 0.05) is 18.5 Å². The minimum absolute atomic E-state index is 0.132. The monoisotopic (exact) mass is 282 g/mol. The van der Waals surface area contributed by atoms with Gasteiger partial charge in [0.25, 0.3) is 0 Å².